The average molecular weight is 342 g/mol. The number of halogens is 2. The number of nitro groups is 1. The molecule has 0 fully saturated rings. The molecule has 0 aliphatic heterocycles. The molecule has 98 valence electrons. The van der Waals surface area contributed by atoms with Gasteiger partial charge in [0.2, 0.25) is 0 Å². The standard InChI is InChI=1S/C13H10BrClN2O2/c14-11-7-10(17(18)19)6-5-9(11)8-16-13-4-2-1-3-12(13)15/h1-7,16H,8H2. The van der Waals surface area contributed by atoms with Crippen LogP contribution < -0.4 is 5.32 Å². The van der Waals surface area contributed by atoms with Gasteiger partial charge in [-0.15, -0.1) is 0 Å². The lowest BCUT2D eigenvalue weighted by Crippen LogP contribution is -2.01. The van der Waals surface area contributed by atoms with Gasteiger partial charge in [-0.2, -0.15) is 0 Å². The van der Waals surface area contributed by atoms with E-state index in [2.05, 4.69) is 21.2 Å². The molecular formula is C13H10BrClN2O2. The minimum absolute atomic E-state index is 0.0633. The first kappa shape index (κ1) is 13.8. The zero-order valence-electron chi connectivity index (χ0n) is 9.77. The normalized spacial score (nSPS) is 10.2. The number of benzene rings is 2. The van der Waals surface area contributed by atoms with Gasteiger partial charge in [-0.1, -0.05) is 39.7 Å². The van der Waals surface area contributed by atoms with Crippen molar-refractivity contribution in [3.63, 3.8) is 0 Å². The van der Waals surface area contributed by atoms with Gasteiger partial charge in [-0.3, -0.25) is 10.1 Å². The van der Waals surface area contributed by atoms with Crippen molar-refractivity contribution < 1.29 is 4.92 Å². The molecule has 1 N–H and O–H groups in total. The van der Waals surface area contributed by atoms with E-state index in [1.807, 2.05) is 18.2 Å². The number of para-hydroxylation sites is 1. The molecule has 0 unspecified atom stereocenters. The lowest BCUT2D eigenvalue weighted by molar-refractivity contribution is -0.384. The number of nitro benzene ring substituents is 1. The molecule has 0 radical (unpaired) electrons. The summed E-state index contributed by atoms with van der Waals surface area (Å²) >= 11 is 9.36. The predicted octanol–water partition coefficient (Wildman–Crippen LogP) is 4.62. The molecule has 0 saturated heterocycles. The number of anilines is 1. The third-order valence-electron chi connectivity index (χ3n) is 2.59. The highest BCUT2D eigenvalue weighted by Gasteiger charge is 2.09. The number of rotatable bonds is 4. The Labute approximate surface area is 123 Å². The van der Waals surface area contributed by atoms with Gasteiger partial charge in [0.25, 0.3) is 5.69 Å². The fourth-order valence-corrected chi connectivity index (χ4v) is 2.30. The van der Waals surface area contributed by atoms with Gasteiger partial charge in [0.1, 0.15) is 0 Å². The molecule has 2 aromatic rings. The molecule has 0 bridgehead atoms. The van der Waals surface area contributed by atoms with Crippen molar-refractivity contribution >= 4 is 38.9 Å². The Hall–Kier alpha value is -1.59. The molecule has 0 aliphatic carbocycles. The topological polar surface area (TPSA) is 55.2 Å². The molecule has 0 aliphatic rings. The molecule has 4 nitrogen and oxygen atoms in total. The van der Waals surface area contributed by atoms with Crippen LogP contribution in [0.15, 0.2) is 46.9 Å². The maximum absolute atomic E-state index is 10.6. The van der Waals surface area contributed by atoms with Crippen LogP contribution in [0.2, 0.25) is 5.02 Å². The Morgan fingerprint density at radius 2 is 2.00 bits per heavy atom. The molecule has 6 heteroatoms. The van der Waals surface area contributed by atoms with Crippen LogP contribution in [0.25, 0.3) is 0 Å². The first-order chi connectivity index (χ1) is 9.08. The van der Waals surface area contributed by atoms with Crippen molar-refractivity contribution in [2.24, 2.45) is 0 Å². The van der Waals surface area contributed by atoms with Gasteiger partial charge >= 0.3 is 0 Å². The van der Waals surface area contributed by atoms with Gasteiger partial charge in [-0.05, 0) is 23.8 Å². The summed E-state index contributed by atoms with van der Waals surface area (Å²) in [6, 6.07) is 12.1. The van der Waals surface area contributed by atoms with Crippen molar-refractivity contribution in [1.29, 1.82) is 0 Å². The van der Waals surface area contributed by atoms with Gasteiger partial charge in [0.15, 0.2) is 0 Å². The van der Waals surface area contributed by atoms with Gasteiger partial charge in [0, 0.05) is 23.2 Å². The highest BCUT2D eigenvalue weighted by molar-refractivity contribution is 9.10. The predicted molar refractivity (Wildman–Crippen MR) is 79.6 cm³/mol. The van der Waals surface area contributed by atoms with Crippen LogP contribution in [0.4, 0.5) is 11.4 Å². The van der Waals surface area contributed by atoms with Gasteiger partial charge in [0.05, 0.1) is 15.6 Å². The van der Waals surface area contributed by atoms with Crippen molar-refractivity contribution in [3.05, 3.63) is 67.6 Å². The van der Waals surface area contributed by atoms with E-state index in [4.69, 9.17) is 11.6 Å². The van der Waals surface area contributed by atoms with Crippen LogP contribution in [-0.2, 0) is 6.54 Å². The third kappa shape index (κ3) is 3.45. The summed E-state index contributed by atoms with van der Waals surface area (Å²) < 4.78 is 0.696. The molecule has 19 heavy (non-hydrogen) atoms. The van der Waals surface area contributed by atoms with Crippen LogP contribution in [0.5, 0.6) is 0 Å². The van der Waals surface area contributed by atoms with E-state index >= 15 is 0 Å². The lowest BCUT2D eigenvalue weighted by atomic mass is 10.2. The van der Waals surface area contributed by atoms with E-state index in [9.17, 15) is 10.1 Å². The highest BCUT2D eigenvalue weighted by atomic mass is 79.9. The Balaban J connectivity index is 2.12. The van der Waals surface area contributed by atoms with Crippen molar-refractivity contribution in [2.45, 2.75) is 6.54 Å². The summed E-state index contributed by atoms with van der Waals surface area (Å²) in [6.45, 7) is 0.530. The third-order valence-corrected chi connectivity index (χ3v) is 3.66. The second-order valence-corrected chi connectivity index (χ2v) is 5.13. The molecule has 0 heterocycles. The van der Waals surface area contributed by atoms with Crippen LogP contribution in [0, 0.1) is 10.1 Å². The zero-order valence-corrected chi connectivity index (χ0v) is 12.1. The monoisotopic (exact) mass is 340 g/mol. The molecule has 0 aromatic heterocycles. The second kappa shape index (κ2) is 6.04. The van der Waals surface area contributed by atoms with Crippen molar-refractivity contribution in [2.75, 3.05) is 5.32 Å². The smallest absolute Gasteiger partial charge is 0.270 e. The summed E-state index contributed by atoms with van der Waals surface area (Å²) in [5.74, 6) is 0. The number of nitrogens with zero attached hydrogens (tertiary/aromatic N) is 1. The number of non-ortho nitro benzene ring substituents is 1. The Morgan fingerprint density at radius 1 is 1.26 bits per heavy atom. The van der Waals surface area contributed by atoms with Gasteiger partial charge < -0.3 is 5.32 Å². The Kier molecular flexibility index (Phi) is 4.39. The maximum Gasteiger partial charge on any atom is 0.270 e. The molecule has 0 spiro atoms. The fourth-order valence-electron chi connectivity index (χ4n) is 1.59. The minimum atomic E-state index is -0.421. The van der Waals surface area contributed by atoms with Gasteiger partial charge in [-0.25, -0.2) is 0 Å². The van der Waals surface area contributed by atoms with E-state index in [-0.39, 0.29) is 5.69 Å². The molecule has 2 aromatic carbocycles. The summed E-state index contributed by atoms with van der Waals surface area (Å²) in [6.07, 6.45) is 0. The summed E-state index contributed by atoms with van der Waals surface area (Å²) in [4.78, 5) is 10.2. The Morgan fingerprint density at radius 3 is 2.63 bits per heavy atom. The van der Waals surface area contributed by atoms with E-state index in [0.717, 1.165) is 11.3 Å². The van der Waals surface area contributed by atoms with Crippen molar-refractivity contribution in [1.82, 2.24) is 0 Å². The van der Waals surface area contributed by atoms with Crippen LogP contribution in [0.3, 0.4) is 0 Å². The summed E-state index contributed by atoms with van der Waals surface area (Å²) in [7, 11) is 0. The molecule has 2 rings (SSSR count). The van der Waals surface area contributed by atoms with Crippen molar-refractivity contribution in [3.8, 4) is 0 Å². The van der Waals surface area contributed by atoms with E-state index in [0.29, 0.717) is 16.0 Å². The van der Waals surface area contributed by atoms with Crippen LogP contribution in [-0.4, -0.2) is 4.92 Å². The van der Waals surface area contributed by atoms with Crippen LogP contribution >= 0.6 is 27.5 Å². The first-order valence-electron chi connectivity index (χ1n) is 5.49. The molecule has 0 amide bonds. The van der Waals surface area contributed by atoms with E-state index in [1.54, 1.807) is 12.1 Å². The van der Waals surface area contributed by atoms with Crippen LogP contribution in [0.1, 0.15) is 5.56 Å². The second-order valence-electron chi connectivity index (χ2n) is 3.87. The highest BCUT2D eigenvalue weighted by Crippen LogP contribution is 2.25. The maximum atomic E-state index is 10.6. The average Bonchev–Trinajstić information content (AvgIpc) is 2.39. The summed E-state index contributed by atoms with van der Waals surface area (Å²) in [5, 5.41) is 14.5. The number of hydrogen-bond acceptors (Lipinski definition) is 3. The fraction of sp³-hybridized carbons (Fsp3) is 0.0769. The first-order valence-corrected chi connectivity index (χ1v) is 6.66. The number of nitrogens with one attached hydrogen (secondary N) is 1. The van der Waals surface area contributed by atoms with E-state index in [1.165, 1.54) is 12.1 Å². The SMILES string of the molecule is O=[N+]([O-])c1ccc(CNc2ccccc2Cl)c(Br)c1. The minimum Gasteiger partial charge on any atom is -0.380 e. The quantitative estimate of drug-likeness (QED) is 0.652. The Bertz CT molecular complexity index is 619. The number of hydrogen-bond donors (Lipinski definition) is 1. The largest absolute Gasteiger partial charge is 0.380 e. The lowest BCUT2D eigenvalue weighted by Gasteiger charge is -2.09. The molecule has 0 atom stereocenters. The summed E-state index contributed by atoms with van der Waals surface area (Å²) in [5.41, 5.74) is 1.81. The molecular weight excluding hydrogens is 332 g/mol. The van der Waals surface area contributed by atoms with E-state index < -0.39 is 4.92 Å². The zero-order chi connectivity index (χ0) is 13.8. The molecule has 0 saturated carbocycles.